The van der Waals surface area contributed by atoms with Gasteiger partial charge in [0, 0.05) is 11.6 Å². The van der Waals surface area contributed by atoms with Crippen LogP contribution in [0.25, 0.3) is 5.57 Å². The van der Waals surface area contributed by atoms with Crippen LogP contribution in [0, 0.1) is 0 Å². The minimum absolute atomic E-state index is 0.375. The largest absolute Gasteiger partial charge is 0.494 e. The van der Waals surface area contributed by atoms with Crippen LogP contribution in [0.5, 0.6) is 5.75 Å². The number of allylic oxidation sites excluding steroid dienone is 1. The molecule has 0 bridgehead atoms. The van der Waals surface area contributed by atoms with Crippen LogP contribution in [0.1, 0.15) is 19.4 Å². The van der Waals surface area contributed by atoms with Gasteiger partial charge in [0.1, 0.15) is 11.7 Å². The van der Waals surface area contributed by atoms with Crippen LogP contribution in [0.2, 0.25) is 0 Å². The second-order valence-electron chi connectivity index (χ2n) is 3.62. The number of rotatable bonds is 3. The molecule has 1 aromatic rings. The molecule has 0 radical (unpaired) electrons. The quantitative estimate of drug-likeness (QED) is 0.618. The van der Waals surface area contributed by atoms with E-state index in [0.29, 0.717) is 24.4 Å². The number of methoxy groups -OCH3 is 1. The van der Waals surface area contributed by atoms with E-state index in [1.54, 1.807) is 6.92 Å². The first-order chi connectivity index (χ1) is 9.17. The molecule has 1 aliphatic rings. The van der Waals surface area contributed by atoms with Gasteiger partial charge in [0.2, 0.25) is 0 Å². The summed E-state index contributed by atoms with van der Waals surface area (Å²) in [6.07, 6.45) is 0. The van der Waals surface area contributed by atoms with Gasteiger partial charge < -0.3 is 9.47 Å². The van der Waals surface area contributed by atoms with Crippen LogP contribution in [0.15, 0.2) is 23.2 Å². The van der Waals surface area contributed by atoms with E-state index in [-0.39, 0.29) is 0 Å². The molecular formula is C14H15NO4. The minimum atomic E-state index is 0.375. The third kappa shape index (κ3) is 3.53. The molecule has 5 heteroatoms. The van der Waals surface area contributed by atoms with E-state index in [1.165, 1.54) is 7.11 Å². The topological polar surface area (TPSA) is 65.0 Å². The summed E-state index contributed by atoms with van der Waals surface area (Å²) in [4.78, 5) is 24.0. The Bertz CT molecular complexity index is 542. The maximum atomic E-state index is 10.7. The van der Waals surface area contributed by atoms with E-state index >= 15 is 0 Å². The van der Waals surface area contributed by atoms with E-state index in [4.69, 9.17) is 9.53 Å². The summed E-state index contributed by atoms with van der Waals surface area (Å²) < 4.78 is 9.22. The number of fused-ring (bicyclic) bond motifs is 1. The van der Waals surface area contributed by atoms with Crippen molar-refractivity contribution in [1.29, 1.82) is 0 Å². The zero-order chi connectivity index (χ0) is 14.3. The fourth-order valence-corrected chi connectivity index (χ4v) is 1.63. The van der Waals surface area contributed by atoms with Crippen molar-refractivity contribution in [1.82, 2.24) is 0 Å². The summed E-state index contributed by atoms with van der Waals surface area (Å²) in [6.45, 7) is 4.73. The molecule has 0 aromatic heterocycles. The average molecular weight is 261 g/mol. The van der Waals surface area contributed by atoms with Gasteiger partial charge in [-0.05, 0) is 26.0 Å². The van der Waals surface area contributed by atoms with Crippen molar-refractivity contribution in [2.45, 2.75) is 13.8 Å². The van der Waals surface area contributed by atoms with Crippen molar-refractivity contribution >= 4 is 29.4 Å². The fraction of sp³-hybridized carbons (Fsp3) is 0.286. The van der Waals surface area contributed by atoms with Gasteiger partial charge in [-0.2, -0.15) is 0 Å². The van der Waals surface area contributed by atoms with Crippen LogP contribution in [-0.4, -0.2) is 31.8 Å². The molecule has 0 fully saturated rings. The molecule has 0 unspecified atom stereocenters. The summed E-state index contributed by atoms with van der Waals surface area (Å²) in [7, 11) is 1.31. The number of carbonyl (C=O) groups excluding carboxylic acids is 2. The zero-order valence-electron chi connectivity index (χ0n) is 11.1. The Labute approximate surface area is 111 Å². The van der Waals surface area contributed by atoms with Crippen LogP contribution < -0.4 is 4.74 Å². The number of ether oxygens (including phenoxy) is 2. The summed E-state index contributed by atoms with van der Waals surface area (Å²) in [5, 5.41) is 0. The molecule has 2 rings (SSSR count). The summed E-state index contributed by atoms with van der Waals surface area (Å²) >= 11 is 0. The SMILES string of the molecule is CCOc1ccc2c(c1)N=C(C)C2=C=O.COC=O. The van der Waals surface area contributed by atoms with Gasteiger partial charge in [-0.25, -0.2) is 4.79 Å². The molecule has 19 heavy (non-hydrogen) atoms. The van der Waals surface area contributed by atoms with Crippen molar-refractivity contribution in [3.63, 3.8) is 0 Å². The maximum Gasteiger partial charge on any atom is 0.292 e. The highest BCUT2D eigenvalue weighted by atomic mass is 16.5. The van der Waals surface area contributed by atoms with Gasteiger partial charge in [-0.3, -0.25) is 9.79 Å². The lowest BCUT2D eigenvalue weighted by molar-refractivity contribution is -0.126. The van der Waals surface area contributed by atoms with Gasteiger partial charge in [-0.1, -0.05) is 0 Å². The van der Waals surface area contributed by atoms with Gasteiger partial charge in [-0.15, -0.1) is 0 Å². The molecule has 1 aromatic carbocycles. The molecule has 0 amide bonds. The smallest absolute Gasteiger partial charge is 0.292 e. The molecule has 0 N–H and O–H groups in total. The van der Waals surface area contributed by atoms with E-state index in [9.17, 15) is 4.79 Å². The fourth-order valence-electron chi connectivity index (χ4n) is 1.63. The molecule has 1 heterocycles. The summed E-state index contributed by atoms with van der Waals surface area (Å²) in [5.41, 5.74) is 2.89. The number of nitrogens with zero attached hydrogens (tertiary/aromatic N) is 1. The maximum absolute atomic E-state index is 10.7. The molecule has 0 spiro atoms. The molecule has 0 aliphatic carbocycles. The van der Waals surface area contributed by atoms with Gasteiger partial charge in [0.05, 0.1) is 30.7 Å². The van der Waals surface area contributed by atoms with Gasteiger partial charge in [0.15, 0.2) is 0 Å². The Morgan fingerprint density at radius 3 is 2.63 bits per heavy atom. The average Bonchev–Trinajstić information content (AvgIpc) is 2.74. The lowest BCUT2D eigenvalue weighted by Crippen LogP contribution is -1.92. The Balaban J connectivity index is 0.000000399. The van der Waals surface area contributed by atoms with E-state index in [0.717, 1.165) is 17.0 Å². The molecule has 100 valence electrons. The van der Waals surface area contributed by atoms with Crippen LogP contribution in [-0.2, 0) is 14.3 Å². The summed E-state index contributed by atoms with van der Waals surface area (Å²) in [6, 6.07) is 5.53. The van der Waals surface area contributed by atoms with Crippen LogP contribution in [0.4, 0.5) is 5.69 Å². The first-order valence-electron chi connectivity index (χ1n) is 5.72. The number of carbonyl (C=O) groups is 1. The first kappa shape index (κ1) is 14.7. The predicted octanol–water partition coefficient (Wildman–Crippen LogP) is 2.20. The van der Waals surface area contributed by atoms with Crippen molar-refractivity contribution < 1.29 is 19.1 Å². The Morgan fingerprint density at radius 1 is 1.42 bits per heavy atom. The number of benzene rings is 1. The van der Waals surface area contributed by atoms with Crippen LogP contribution >= 0.6 is 0 Å². The highest BCUT2D eigenvalue weighted by molar-refractivity contribution is 6.34. The Kier molecular flexibility index (Phi) is 5.51. The Hall–Kier alpha value is -2.39. The highest BCUT2D eigenvalue weighted by Gasteiger charge is 2.18. The molecule has 0 atom stereocenters. The second kappa shape index (κ2) is 7.13. The first-order valence-corrected chi connectivity index (χ1v) is 5.72. The van der Waals surface area contributed by atoms with Crippen LogP contribution in [0.3, 0.4) is 0 Å². The normalized spacial score (nSPS) is 11.5. The number of hydrogen-bond acceptors (Lipinski definition) is 5. The Morgan fingerprint density at radius 2 is 2.11 bits per heavy atom. The van der Waals surface area contributed by atoms with E-state index < -0.39 is 0 Å². The van der Waals surface area contributed by atoms with Crippen molar-refractivity contribution in [3.05, 3.63) is 23.8 Å². The zero-order valence-corrected chi connectivity index (χ0v) is 11.1. The van der Waals surface area contributed by atoms with E-state index in [2.05, 4.69) is 9.73 Å². The lowest BCUT2D eigenvalue weighted by atomic mass is 10.1. The third-order valence-corrected chi connectivity index (χ3v) is 2.40. The molecular weight excluding hydrogens is 246 g/mol. The standard InChI is InChI=1S/C12H11NO2.C2H4O2/c1-3-15-9-4-5-10-11(7-14)8(2)13-12(10)6-9;1-4-2-3/h4-6H,3H2,1-2H3;2H,1H3. The second-order valence-corrected chi connectivity index (χ2v) is 3.62. The lowest BCUT2D eigenvalue weighted by Gasteiger charge is -2.03. The van der Waals surface area contributed by atoms with Gasteiger partial charge >= 0.3 is 0 Å². The predicted molar refractivity (Wildman–Crippen MR) is 72.6 cm³/mol. The monoisotopic (exact) mass is 261 g/mol. The summed E-state index contributed by atoms with van der Waals surface area (Å²) in [5.74, 6) is 2.69. The molecule has 1 aliphatic heterocycles. The molecule has 0 saturated carbocycles. The number of hydrogen-bond donors (Lipinski definition) is 0. The van der Waals surface area contributed by atoms with Gasteiger partial charge in [0.25, 0.3) is 6.47 Å². The van der Waals surface area contributed by atoms with Crippen molar-refractivity contribution in [2.24, 2.45) is 4.99 Å². The third-order valence-electron chi connectivity index (χ3n) is 2.40. The van der Waals surface area contributed by atoms with Crippen molar-refractivity contribution in [3.8, 4) is 5.75 Å². The minimum Gasteiger partial charge on any atom is -0.494 e. The molecule has 0 saturated heterocycles. The highest BCUT2D eigenvalue weighted by Crippen LogP contribution is 2.35. The van der Waals surface area contributed by atoms with E-state index in [1.807, 2.05) is 31.1 Å². The number of aliphatic imine (C=N–C) groups is 1. The van der Waals surface area contributed by atoms with Crippen molar-refractivity contribution in [2.75, 3.05) is 13.7 Å². The molecule has 5 nitrogen and oxygen atoms in total.